The fraction of sp³-hybridized carbons (Fsp3) is 0.571. The predicted molar refractivity (Wildman–Crippen MR) is 75.9 cm³/mol. The average Bonchev–Trinajstić information content (AvgIpc) is 2.94. The highest BCUT2D eigenvalue weighted by Gasteiger charge is 2.28. The first-order valence-electron chi connectivity index (χ1n) is 7.21. The van der Waals surface area contributed by atoms with E-state index >= 15 is 0 Å². The van der Waals surface area contributed by atoms with Gasteiger partial charge in [-0.25, -0.2) is 0 Å². The Hall–Kier alpha value is -2.02. The molecule has 1 aliphatic rings. The average molecular weight is 289 g/mol. The van der Waals surface area contributed by atoms with Gasteiger partial charge in [-0.3, -0.25) is 4.79 Å². The Labute approximate surface area is 122 Å². The lowest BCUT2D eigenvalue weighted by molar-refractivity contribution is -0.00749. The Morgan fingerprint density at radius 2 is 2.33 bits per heavy atom. The molecule has 7 nitrogen and oxygen atoms in total. The summed E-state index contributed by atoms with van der Waals surface area (Å²) in [7, 11) is 0. The van der Waals surface area contributed by atoms with Gasteiger partial charge >= 0.3 is 0 Å². The molecule has 1 saturated heterocycles. The first kappa shape index (κ1) is 13.9. The highest BCUT2D eigenvalue weighted by atomic mass is 16.5. The molecule has 0 aromatic carbocycles. The Kier molecular flexibility index (Phi) is 3.83. The van der Waals surface area contributed by atoms with E-state index in [1.54, 1.807) is 18.3 Å². The number of morpholine rings is 1. The van der Waals surface area contributed by atoms with Crippen molar-refractivity contribution in [3.63, 3.8) is 0 Å². The molecule has 112 valence electrons. The van der Waals surface area contributed by atoms with Crippen LogP contribution in [0.5, 0.6) is 0 Å². The number of carbonyl (C=O) groups is 1. The second kappa shape index (κ2) is 5.77. The smallest absolute Gasteiger partial charge is 0.255 e. The van der Waals surface area contributed by atoms with Crippen molar-refractivity contribution < 1.29 is 9.53 Å². The van der Waals surface area contributed by atoms with Crippen molar-refractivity contribution >= 4 is 11.6 Å². The monoisotopic (exact) mass is 289 g/mol. The van der Waals surface area contributed by atoms with Crippen LogP contribution in [0.2, 0.25) is 0 Å². The highest BCUT2D eigenvalue weighted by molar-refractivity contribution is 5.94. The first-order chi connectivity index (χ1) is 10.1. The topological polar surface area (TPSA) is 72.6 Å². The molecule has 0 aliphatic carbocycles. The van der Waals surface area contributed by atoms with Gasteiger partial charge in [0, 0.05) is 12.7 Å². The maximum atomic E-state index is 12.7. The SMILES string of the molecule is CC(C)C[C@@H]1COCCN1C(=O)c1ccc2nnnn2c1. The largest absolute Gasteiger partial charge is 0.377 e. The molecule has 7 heteroatoms. The number of carbonyl (C=O) groups excluding carboxylic acids is 1. The zero-order chi connectivity index (χ0) is 14.8. The molecular weight excluding hydrogens is 270 g/mol. The summed E-state index contributed by atoms with van der Waals surface area (Å²) in [6.45, 7) is 6.14. The lowest BCUT2D eigenvalue weighted by atomic mass is 10.0. The van der Waals surface area contributed by atoms with E-state index in [9.17, 15) is 4.79 Å². The van der Waals surface area contributed by atoms with Gasteiger partial charge in [0.15, 0.2) is 5.65 Å². The van der Waals surface area contributed by atoms with Crippen LogP contribution < -0.4 is 0 Å². The third kappa shape index (κ3) is 2.87. The fourth-order valence-corrected chi connectivity index (χ4v) is 2.70. The van der Waals surface area contributed by atoms with Crippen molar-refractivity contribution in [2.24, 2.45) is 5.92 Å². The lowest BCUT2D eigenvalue weighted by Gasteiger charge is -2.36. The summed E-state index contributed by atoms with van der Waals surface area (Å²) in [6.07, 6.45) is 2.62. The van der Waals surface area contributed by atoms with Crippen LogP contribution in [0, 0.1) is 5.92 Å². The number of amides is 1. The van der Waals surface area contributed by atoms with E-state index in [1.807, 2.05) is 4.90 Å². The molecule has 0 N–H and O–H groups in total. The Morgan fingerprint density at radius 1 is 1.48 bits per heavy atom. The molecule has 2 aromatic rings. The van der Waals surface area contributed by atoms with Crippen LogP contribution >= 0.6 is 0 Å². The molecule has 0 spiro atoms. The molecule has 1 aliphatic heterocycles. The van der Waals surface area contributed by atoms with Gasteiger partial charge in [0.05, 0.1) is 24.8 Å². The number of aromatic nitrogens is 4. The molecule has 1 atom stereocenters. The maximum Gasteiger partial charge on any atom is 0.255 e. The van der Waals surface area contributed by atoms with Crippen LogP contribution in [0.3, 0.4) is 0 Å². The van der Waals surface area contributed by atoms with Crippen molar-refractivity contribution in [2.45, 2.75) is 26.3 Å². The molecule has 0 saturated carbocycles. The molecule has 0 bridgehead atoms. The molecule has 3 heterocycles. The molecule has 0 unspecified atom stereocenters. The highest BCUT2D eigenvalue weighted by Crippen LogP contribution is 2.18. The summed E-state index contributed by atoms with van der Waals surface area (Å²) in [5, 5.41) is 11.3. The van der Waals surface area contributed by atoms with E-state index in [2.05, 4.69) is 29.4 Å². The standard InChI is InChI=1S/C14H19N5O2/c1-10(2)7-12-9-21-6-5-18(12)14(20)11-3-4-13-15-16-17-19(13)8-11/h3-4,8,10,12H,5-7,9H2,1-2H3/t12-/m1/s1. The van der Waals surface area contributed by atoms with Gasteiger partial charge < -0.3 is 9.64 Å². The molecule has 1 fully saturated rings. The second-order valence-corrected chi connectivity index (χ2v) is 5.76. The van der Waals surface area contributed by atoms with Crippen molar-refractivity contribution in [3.05, 3.63) is 23.9 Å². The summed E-state index contributed by atoms with van der Waals surface area (Å²) in [5.41, 5.74) is 1.23. The van der Waals surface area contributed by atoms with Crippen LogP contribution in [0.25, 0.3) is 5.65 Å². The third-order valence-corrected chi connectivity index (χ3v) is 3.67. The number of ether oxygens (including phenoxy) is 1. The van der Waals surface area contributed by atoms with Crippen molar-refractivity contribution in [1.82, 2.24) is 24.9 Å². The van der Waals surface area contributed by atoms with Crippen molar-refractivity contribution in [3.8, 4) is 0 Å². The number of tetrazole rings is 1. The molecule has 0 radical (unpaired) electrons. The summed E-state index contributed by atoms with van der Waals surface area (Å²) >= 11 is 0. The number of pyridine rings is 1. The minimum absolute atomic E-state index is 0.0151. The number of hydrogen-bond donors (Lipinski definition) is 0. The van der Waals surface area contributed by atoms with E-state index in [4.69, 9.17) is 4.74 Å². The van der Waals surface area contributed by atoms with Crippen LogP contribution in [0.15, 0.2) is 18.3 Å². The minimum Gasteiger partial charge on any atom is -0.377 e. The van der Waals surface area contributed by atoms with E-state index < -0.39 is 0 Å². The summed E-state index contributed by atoms with van der Waals surface area (Å²) in [6, 6.07) is 3.66. The number of hydrogen-bond acceptors (Lipinski definition) is 5. The summed E-state index contributed by atoms with van der Waals surface area (Å²) in [4.78, 5) is 14.7. The second-order valence-electron chi connectivity index (χ2n) is 5.76. The predicted octanol–water partition coefficient (Wildman–Crippen LogP) is 1.01. The van der Waals surface area contributed by atoms with E-state index in [0.717, 1.165) is 6.42 Å². The van der Waals surface area contributed by atoms with Gasteiger partial charge in [0.2, 0.25) is 0 Å². The molecule has 21 heavy (non-hydrogen) atoms. The first-order valence-corrected chi connectivity index (χ1v) is 7.21. The quantitative estimate of drug-likeness (QED) is 0.843. The van der Waals surface area contributed by atoms with E-state index in [-0.39, 0.29) is 11.9 Å². The van der Waals surface area contributed by atoms with E-state index in [0.29, 0.717) is 36.9 Å². The third-order valence-electron chi connectivity index (χ3n) is 3.67. The van der Waals surface area contributed by atoms with Gasteiger partial charge in [-0.15, -0.1) is 5.10 Å². The van der Waals surface area contributed by atoms with Crippen molar-refractivity contribution in [1.29, 1.82) is 0 Å². The van der Waals surface area contributed by atoms with Gasteiger partial charge in [-0.05, 0) is 34.9 Å². The molecule has 1 amide bonds. The van der Waals surface area contributed by atoms with Crippen molar-refractivity contribution in [2.75, 3.05) is 19.8 Å². The van der Waals surface area contributed by atoms with Gasteiger partial charge in [-0.1, -0.05) is 13.8 Å². The van der Waals surface area contributed by atoms with Gasteiger partial charge in [0.25, 0.3) is 5.91 Å². The number of fused-ring (bicyclic) bond motifs is 1. The normalized spacial score (nSPS) is 19.4. The number of nitrogens with zero attached hydrogens (tertiary/aromatic N) is 5. The minimum atomic E-state index is 0.0151. The Bertz CT molecular complexity index is 639. The zero-order valence-electron chi connectivity index (χ0n) is 12.3. The van der Waals surface area contributed by atoms with Crippen LogP contribution in [0.4, 0.5) is 0 Å². The Morgan fingerprint density at radius 3 is 3.14 bits per heavy atom. The molecule has 3 rings (SSSR count). The zero-order valence-corrected chi connectivity index (χ0v) is 12.3. The Balaban J connectivity index is 1.84. The number of rotatable bonds is 3. The van der Waals surface area contributed by atoms with E-state index in [1.165, 1.54) is 4.52 Å². The van der Waals surface area contributed by atoms with Crippen LogP contribution in [-0.4, -0.2) is 56.6 Å². The maximum absolute atomic E-state index is 12.7. The van der Waals surface area contributed by atoms with Gasteiger partial charge in [0.1, 0.15) is 0 Å². The molecular formula is C14H19N5O2. The fourth-order valence-electron chi connectivity index (χ4n) is 2.70. The van der Waals surface area contributed by atoms with Crippen LogP contribution in [0.1, 0.15) is 30.6 Å². The molecule has 2 aromatic heterocycles. The van der Waals surface area contributed by atoms with Gasteiger partial charge in [-0.2, -0.15) is 4.52 Å². The lowest BCUT2D eigenvalue weighted by Crippen LogP contribution is -2.49. The van der Waals surface area contributed by atoms with Crippen LogP contribution in [-0.2, 0) is 4.74 Å². The summed E-state index contributed by atoms with van der Waals surface area (Å²) in [5.74, 6) is 0.537. The summed E-state index contributed by atoms with van der Waals surface area (Å²) < 4.78 is 7.04.